The standard InChI is InChI=1S/C22H13ClN4O5S/c23-16-7-8-17(20-19(16)21(28)27(22(20)29)14-2-1-9-24-10-14)26-33(30,31)15-5-3-13(4-6-15)18-11-25-12-32-18/h1-12,26H. The van der Waals surface area contributed by atoms with Crippen LogP contribution in [-0.4, -0.2) is 30.2 Å². The fraction of sp³-hybridized carbons (Fsp3) is 0. The number of imide groups is 1. The molecule has 0 fully saturated rings. The normalized spacial score (nSPS) is 13.3. The maximum absolute atomic E-state index is 13.1. The molecule has 0 atom stereocenters. The van der Waals surface area contributed by atoms with E-state index in [9.17, 15) is 18.0 Å². The number of fused-ring (bicyclic) bond motifs is 1. The van der Waals surface area contributed by atoms with Crippen LogP contribution >= 0.6 is 11.6 Å². The topological polar surface area (TPSA) is 122 Å². The first-order valence-electron chi connectivity index (χ1n) is 9.50. The van der Waals surface area contributed by atoms with E-state index in [-0.39, 0.29) is 32.4 Å². The van der Waals surface area contributed by atoms with E-state index in [0.29, 0.717) is 11.3 Å². The largest absolute Gasteiger partial charge is 0.444 e. The Hall–Kier alpha value is -4.02. The number of nitrogens with zero attached hydrogens (tertiary/aromatic N) is 3. The number of benzene rings is 2. The smallest absolute Gasteiger partial charge is 0.268 e. The molecule has 164 valence electrons. The number of nitrogens with one attached hydrogen (secondary N) is 1. The highest BCUT2D eigenvalue weighted by Crippen LogP contribution is 2.37. The molecular formula is C22H13ClN4O5S. The highest BCUT2D eigenvalue weighted by molar-refractivity contribution is 7.92. The second kappa shape index (κ2) is 7.84. The number of halogens is 1. The first-order valence-corrected chi connectivity index (χ1v) is 11.4. The van der Waals surface area contributed by atoms with Gasteiger partial charge in [-0.25, -0.2) is 18.3 Å². The zero-order chi connectivity index (χ0) is 23.2. The lowest BCUT2D eigenvalue weighted by atomic mass is 10.1. The van der Waals surface area contributed by atoms with Crippen LogP contribution in [0.3, 0.4) is 0 Å². The molecule has 0 bridgehead atoms. The van der Waals surface area contributed by atoms with Gasteiger partial charge < -0.3 is 4.42 Å². The number of carbonyl (C=O) groups excluding carboxylic acids is 2. The first kappa shape index (κ1) is 20.9. The SMILES string of the molecule is O=C1c2c(Cl)ccc(NS(=O)(=O)c3ccc(-c4cnco4)cc3)c2C(=O)N1c1cccnc1. The third kappa shape index (κ3) is 3.55. The maximum atomic E-state index is 13.1. The van der Waals surface area contributed by atoms with Crippen LogP contribution in [0.25, 0.3) is 11.3 Å². The number of amides is 2. The van der Waals surface area contributed by atoms with Crippen molar-refractivity contribution in [3.05, 3.63) is 89.7 Å². The average molecular weight is 481 g/mol. The molecule has 1 aliphatic rings. The van der Waals surface area contributed by atoms with Crippen molar-refractivity contribution in [3.63, 3.8) is 0 Å². The number of oxazole rings is 1. The second-order valence-electron chi connectivity index (χ2n) is 7.00. The van der Waals surface area contributed by atoms with Gasteiger partial charge in [0.2, 0.25) is 0 Å². The molecule has 0 saturated heterocycles. The van der Waals surface area contributed by atoms with Gasteiger partial charge in [-0.3, -0.25) is 19.3 Å². The van der Waals surface area contributed by atoms with E-state index >= 15 is 0 Å². The predicted octanol–water partition coefficient (Wildman–Crippen LogP) is 3.99. The van der Waals surface area contributed by atoms with E-state index in [1.807, 2.05) is 0 Å². The third-order valence-electron chi connectivity index (χ3n) is 5.02. The zero-order valence-corrected chi connectivity index (χ0v) is 18.2. The molecule has 5 rings (SSSR count). The van der Waals surface area contributed by atoms with Crippen molar-refractivity contribution in [2.24, 2.45) is 0 Å². The Morgan fingerprint density at radius 1 is 0.909 bits per heavy atom. The molecule has 4 aromatic rings. The summed E-state index contributed by atoms with van der Waals surface area (Å²) >= 11 is 6.20. The van der Waals surface area contributed by atoms with Crippen LogP contribution < -0.4 is 9.62 Å². The molecule has 1 aliphatic heterocycles. The van der Waals surface area contributed by atoms with E-state index in [1.54, 1.807) is 24.3 Å². The second-order valence-corrected chi connectivity index (χ2v) is 9.09. The highest BCUT2D eigenvalue weighted by Gasteiger charge is 2.41. The van der Waals surface area contributed by atoms with Gasteiger partial charge in [-0.1, -0.05) is 11.6 Å². The first-order chi connectivity index (χ1) is 15.9. The molecule has 2 aromatic heterocycles. The van der Waals surface area contributed by atoms with Crippen LogP contribution in [0.5, 0.6) is 0 Å². The Labute approximate surface area is 192 Å². The van der Waals surface area contributed by atoms with Crippen molar-refractivity contribution in [1.29, 1.82) is 0 Å². The monoisotopic (exact) mass is 480 g/mol. The average Bonchev–Trinajstić information content (AvgIpc) is 3.44. The molecule has 0 spiro atoms. The van der Waals surface area contributed by atoms with Crippen LogP contribution in [0.15, 0.2) is 82.8 Å². The number of rotatable bonds is 5. The summed E-state index contributed by atoms with van der Waals surface area (Å²) in [6.45, 7) is 0. The van der Waals surface area contributed by atoms with Gasteiger partial charge in [0.05, 0.1) is 44.8 Å². The number of pyridine rings is 1. The minimum absolute atomic E-state index is 0.0362. The fourth-order valence-electron chi connectivity index (χ4n) is 3.49. The molecule has 9 nitrogen and oxygen atoms in total. The molecule has 0 saturated carbocycles. The highest BCUT2D eigenvalue weighted by atomic mass is 35.5. The van der Waals surface area contributed by atoms with Crippen LogP contribution in [-0.2, 0) is 10.0 Å². The van der Waals surface area contributed by atoms with Crippen molar-refractivity contribution in [1.82, 2.24) is 9.97 Å². The summed E-state index contributed by atoms with van der Waals surface area (Å²) in [6.07, 6.45) is 5.64. The molecule has 2 amide bonds. The molecule has 3 heterocycles. The Balaban J connectivity index is 1.51. The summed E-state index contributed by atoms with van der Waals surface area (Å²) in [7, 11) is -4.09. The predicted molar refractivity (Wildman–Crippen MR) is 120 cm³/mol. The number of hydrogen-bond acceptors (Lipinski definition) is 7. The van der Waals surface area contributed by atoms with Gasteiger partial charge in [0.1, 0.15) is 0 Å². The molecule has 0 radical (unpaired) electrons. The minimum Gasteiger partial charge on any atom is -0.444 e. The Morgan fingerprint density at radius 3 is 2.33 bits per heavy atom. The van der Waals surface area contributed by atoms with Gasteiger partial charge in [-0.15, -0.1) is 0 Å². The Bertz CT molecular complexity index is 1490. The van der Waals surface area contributed by atoms with E-state index in [1.165, 1.54) is 49.2 Å². The Kier molecular flexibility index (Phi) is 4.95. The summed E-state index contributed by atoms with van der Waals surface area (Å²) < 4.78 is 33.7. The molecule has 0 aliphatic carbocycles. The summed E-state index contributed by atoms with van der Waals surface area (Å²) in [5.74, 6) is -0.878. The number of aromatic nitrogens is 2. The number of hydrogen-bond donors (Lipinski definition) is 1. The van der Waals surface area contributed by atoms with E-state index < -0.39 is 21.8 Å². The summed E-state index contributed by atoms with van der Waals surface area (Å²) in [5, 5.41) is 0.0362. The lowest BCUT2D eigenvalue weighted by molar-refractivity contribution is 0.0926. The quantitative estimate of drug-likeness (QED) is 0.428. The van der Waals surface area contributed by atoms with E-state index in [0.717, 1.165) is 4.90 Å². The molecule has 11 heteroatoms. The van der Waals surface area contributed by atoms with Gasteiger partial charge in [0, 0.05) is 11.8 Å². The van der Waals surface area contributed by atoms with Crippen LogP contribution in [0, 0.1) is 0 Å². The minimum atomic E-state index is -4.09. The summed E-state index contributed by atoms with van der Waals surface area (Å²) in [6, 6.07) is 11.8. The van der Waals surface area contributed by atoms with Crippen molar-refractivity contribution < 1.29 is 22.4 Å². The third-order valence-corrected chi connectivity index (χ3v) is 6.71. The van der Waals surface area contributed by atoms with Gasteiger partial charge >= 0.3 is 0 Å². The van der Waals surface area contributed by atoms with Crippen molar-refractivity contribution in [2.75, 3.05) is 9.62 Å². The molecule has 0 unspecified atom stereocenters. The zero-order valence-electron chi connectivity index (χ0n) is 16.6. The molecule has 33 heavy (non-hydrogen) atoms. The molecular weight excluding hydrogens is 468 g/mol. The van der Waals surface area contributed by atoms with Crippen molar-refractivity contribution in [3.8, 4) is 11.3 Å². The molecule has 1 N–H and O–H groups in total. The van der Waals surface area contributed by atoms with Crippen molar-refractivity contribution >= 4 is 44.8 Å². The number of anilines is 2. The lowest BCUT2D eigenvalue weighted by Gasteiger charge is -2.13. The van der Waals surface area contributed by atoms with Gasteiger partial charge in [-0.2, -0.15) is 0 Å². The molecule has 2 aromatic carbocycles. The van der Waals surface area contributed by atoms with Gasteiger partial charge in [0.25, 0.3) is 21.8 Å². The Morgan fingerprint density at radius 2 is 1.67 bits per heavy atom. The van der Waals surface area contributed by atoms with E-state index in [4.69, 9.17) is 16.0 Å². The van der Waals surface area contributed by atoms with Crippen LogP contribution in [0.4, 0.5) is 11.4 Å². The van der Waals surface area contributed by atoms with Crippen molar-refractivity contribution in [2.45, 2.75) is 4.90 Å². The van der Waals surface area contributed by atoms with Crippen LogP contribution in [0.1, 0.15) is 20.7 Å². The summed E-state index contributed by atoms with van der Waals surface area (Å²) in [4.78, 5) is 34.7. The van der Waals surface area contributed by atoms with Gasteiger partial charge in [-0.05, 0) is 48.5 Å². The lowest BCUT2D eigenvalue weighted by Crippen LogP contribution is -2.29. The van der Waals surface area contributed by atoms with E-state index in [2.05, 4.69) is 14.7 Å². The van der Waals surface area contributed by atoms with Crippen LogP contribution in [0.2, 0.25) is 5.02 Å². The number of carbonyl (C=O) groups is 2. The number of sulfonamides is 1. The maximum Gasteiger partial charge on any atom is 0.268 e. The fourth-order valence-corrected chi connectivity index (χ4v) is 4.80. The van der Waals surface area contributed by atoms with Gasteiger partial charge in [0.15, 0.2) is 12.2 Å². The summed E-state index contributed by atoms with van der Waals surface area (Å²) in [5.41, 5.74) is 0.631.